The summed E-state index contributed by atoms with van der Waals surface area (Å²) in [4.78, 5) is 16.0. The molecule has 0 aliphatic rings. The van der Waals surface area contributed by atoms with Crippen LogP contribution in [0.3, 0.4) is 0 Å². The fraction of sp³-hybridized carbons (Fsp3) is 0.357. The molecule has 0 aliphatic heterocycles. The Morgan fingerprint density at radius 3 is 2.80 bits per heavy atom. The van der Waals surface area contributed by atoms with E-state index < -0.39 is 0 Å². The molecule has 0 aliphatic carbocycles. The maximum absolute atomic E-state index is 11.9. The summed E-state index contributed by atoms with van der Waals surface area (Å²) in [7, 11) is 1.83. The van der Waals surface area contributed by atoms with Gasteiger partial charge in [-0.15, -0.1) is 0 Å². The highest BCUT2D eigenvalue weighted by atomic mass is 32.2. The number of rotatable bonds is 6. The zero-order valence-corrected chi connectivity index (χ0v) is 12.3. The summed E-state index contributed by atoms with van der Waals surface area (Å²) in [5.74, 6) is 0.254. The molecular formula is C14H17N3O2S. The monoisotopic (exact) mass is 291 g/mol. The molecule has 1 aromatic carbocycles. The fourth-order valence-electron chi connectivity index (χ4n) is 1.55. The number of benzene rings is 1. The Labute approximate surface area is 122 Å². The molecule has 0 radical (unpaired) electrons. The van der Waals surface area contributed by atoms with E-state index >= 15 is 0 Å². The van der Waals surface area contributed by atoms with E-state index in [1.807, 2.05) is 44.3 Å². The summed E-state index contributed by atoms with van der Waals surface area (Å²) < 4.78 is 6.98. The molecule has 0 spiro atoms. The predicted molar refractivity (Wildman–Crippen MR) is 77.1 cm³/mol. The number of aromatic nitrogens is 3. The molecule has 0 bridgehead atoms. The first-order valence-electron chi connectivity index (χ1n) is 6.34. The van der Waals surface area contributed by atoms with Crippen LogP contribution in [-0.2, 0) is 23.2 Å². The van der Waals surface area contributed by atoms with Crippen molar-refractivity contribution >= 4 is 17.7 Å². The van der Waals surface area contributed by atoms with Gasteiger partial charge in [0.15, 0.2) is 5.16 Å². The number of carbonyl (C=O) groups excluding carboxylic acids is 1. The molecule has 0 saturated carbocycles. The molecule has 1 heterocycles. The fourth-order valence-corrected chi connectivity index (χ4v) is 2.45. The quantitative estimate of drug-likeness (QED) is 0.603. The lowest BCUT2D eigenvalue weighted by Gasteiger charge is -2.10. The maximum Gasteiger partial charge on any atom is 0.309 e. The van der Waals surface area contributed by atoms with Crippen LogP contribution >= 0.6 is 11.8 Å². The third kappa shape index (κ3) is 4.09. The molecule has 2 rings (SSSR count). The van der Waals surface area contributed by atoms with Crippen molar-refractivity contribution in [2.75, 3.05) is 5.75 Å². The molecule has 0 N–H and O–H groups in total. The Bertz CT molecular complexity index is 557. The zero-order chi connectivity index (χ0) is 14.4. The molecule has 0 fully saturated rings. The average Bonchev–Trinajstić information content (AvgIpc) is 2.88. The van der Waals surface area contributed by atoms with E-state index in [1.54, 1.807) is 4.68 Å². The van der Waals surface area contributed by atoms with Gasteiger partial charge in [-0.25, -0.2) is 9.67 Å². The highest BCUT2D eigenvalue weighted by molar-refractivity contribution is 7.99. The SMILES string of the molecule is CC(CSc1ncnn1C)C(=O)OCc1ccccc1. The molecule has 6 heteroatoms. The van der Waals surface area contributed by atoms with Gasteiger partial charge < -0.3 is 4.74 Å². The normalized spacial score (nSPS) is 12.1. The van der Waals surface area contributed by atoms with Gasteiger partial charge in [-0.1, -0.05) is 49.0 Å². The number of thioether (sulfide) groups is 1. The first kappa shape index (κ1) is 14.6. The van der Waals surface area contributed by atoms with Crippen LogP contribution in [-0.4, -0.2) is 26.5 Å². The number of carbonyl (C=O) groups is 1. The van der Waals surface area contributed by atoms with Crippen molar-refractivity contribution in [2.24, 2.45) is 13.0 Å². The van der Waals surface area contributed by atoms with Crippen LogP contribution in [0, 0.1) is 5.92 Å². The molecule has 1 aromatic heterocycles. The van der Waals surface area contributed by atoms with E-state index in [9.17, 15) is 4.79 Å². The van der Waals surface area contributed by atoms with Gasteiger partial charge in [-0.2, -0.15) is 5.10 Å². The second kappa shape index (κ2) is 7.09. The first-order valence-corrected chi connectivity index (χ1v) is 7.32. The summed E-state index contributed by atoms with van der Waals surface area (Å²) in [6.45, 7) is 2.18. The standard InChI is InChI=1S/C14H17N3O2S/c1-11(9-20-14-15-10-16-17(14)2)13(18)19-8-12-6-4-3-5-7-12/h3-7,10-11H,8-9H2,1-2H3. The van der Waals surface area contributed by atoms with Crippen molar-refractivity contribution in [1.82, 2.24) is 14.8 Å². The van der Waals surface area contributed by atoms with Crippen molar-refractivity contribution < 1.29 is 9.53 Å². The topological polar surface area (TPSA) is 57.0 Å². The number of aryl methyl sites for hydroxylation is 1. The lowest BCUT2D eigenvalue weighted by atomic mass is 10.2. The number of nitrogens with zero attached hydrogens (tertiary/aromatic N) is 3. The van der Waals surface area contributed by atoms with Crippen LogP contribution < -0.4 is 0 Å². The minimum Gasteiger partial charge on any atom is -0.461 e. The van der Waals surface area contributed by atoms with E-state index in [4.69, 9.17) is 4.74 Å². The second-order valence-corrected chi connectivity index (χ2v) is 5.46. The van der Waals surface area contributed by atoms with Crippen molar-refractivity contribution in [2.45, 2.75) is 18.7 Å². The Morgan fingerprint density at radius 2 is 2.15 bits per heavy atom. The van der Waals surface area contributed by atoms with Crippen LogP contribution in [0.5, 0.6) is 0 Å². The third-order valence-electron chi connectivity index (χ3n) is 2.76. The van der Waals surface area contributed by atoms with E-state index in [-0.39, 0.29) is 11.9 Å². The van der Waals surface area contributed by atoms with Crippen molar-refractivity contribution in [3.63, 3.8) is 0 Å². The molecule has 20 heavy (non-hydrogen) atoms. The Kier molecular flexibility index (Phi) is 5.17. The average molecular weight is 291 g/mol. The van der Waals surface area contributed by atoms with Gasteiger partial charge in [0.2, 0.25) is 0 Å². The lowest BCUT2D eigenvalue weighted by Crippen LogP contribution is -2.17. The summed E-state index contributed by atoms with van der Waals surface area (Å²) >= 11 is 1.50. The minimum absolute atomic E-state index is 0.180. The van der Waals surface area contributed by atoms with E-state index in [0.717, 1.165) is 10.7 Å². The Hall–Kier alpha value is -1.82. The lowest BCUT2D eigenvalue weighted by molar-refractivity contribution is -0.148. The Morgan fingerprint density at radius 1 is 1.40 bits per heavy atom. The van der Waals surface area contributed by atoms with Crippen LogP contribution in [0.1, 0.15) is 12.5 Å². The van der Waals surface area contributed by atoms with Gasteiger partial charge in [-0.3, -0.25) is 4.79 Å². The molecule has 1 unspecified atom stereocenters. The van der Waals surface area contributed by atoms with Gasteiger partial charge >= 0.3 is 5.97 Å². The molecule has 0 amide bonds. The van der Waals surface area contributed by atoms with E-state index in [0.29, 0.717) is 12.4 Å². The van der Waals surface area contributed by atoms with E-state index in [2.05, 4.69) is 10.1 Å². The molecule has 2 aromatic rings. The molecule has 1 atom stereocenters. The summed E-state index contributed by atoms with van der Waals surface area (Å²) in [6, 6.07) is 9.66. The predicted octanol–water partition coefficient (Wildman–Crippen LogP) is 2.29. The number of esters is 1. The number of hydrogen-bond donors (Lipinski definition) is 0. The van der Waals surface area contributed by atoms with Crippen LogP contribution in [0.4, 0.5) is 0 Å². The number of hydrogen-bond acceptors (Lipinski definition) is 5. The van der Waals surface area contributed by atoms with Crippen molar-refractivity contribution in [1.29, 1.82) is 0 Å². The van der Waals surface area contributed by atoms with Crippen molar-refractivity contribution in [3.05, 3.63) is 42.2 Å². The summed E-state index contributed by atoms with van der Waals surface area (Å²) in [6.07, 6.45) is 1.50. The van der Waals surface area contributed by atoms with E-state index in [1.165, 1.54) is 18.1 Å². The van der Waals surface area contributed by atoms with Gasteiger partial charge in [0.05, 0.1) is 5.92 Å². The summed E-state index contributed by atoms with van der Waals surface area (Å²) in [5.41, 5.74) is 0.994. The minimum atomic E-state index is -0.191. The number of ether oxygens (including phenoxy) is 1. The highest BCUT2D eigenvalue weighted by Crippen LogP contribution is 2.18. The third-order valence-corrected chi connectivity index (χ3v) is 4.05. The van der Waals surface area contributed by atoms with Gasteiger partial charge in [0.25, 0.3) is 0 Å². The molecular weight excluding hydrogens is 274 g/mol. The second-order valence-electron chi connectivity index (χ2n) is 4.47. The maximum atomic E-state index is 11.9. The largest absolute Gasteiger partial charge is 0.461 e. The molecule has 0 saturated heterocycles. The smallest absolute Gasteiger partial charge is 0.309 e. The first-order chi connectivity index (χ1) is 9.66. The van der Waals surface area contributed by atoms with Crippen LogP contribution in [0.15, 0.2) is 41.8 Å². The molecule has 5 nitrogen and oxygen atoms in total. The zero-order valence-electron chi connectivity index (χ0n) is 11.5. The molecule has 106 valence electrons. The highest BCUT2D eigenvalue weighted by Gasteiger charge is 2.16. The van der Waals surface area contributed by atoms with Crippen molar-refractivity contribution in [3.8, 4) is 0 Å². The van der Waals surface area contributed by atoms with Crippen LogP contribution in [0.2, 0.25) is 0 Å². The van der Waals surface area contributed by atoms with Gasteiger partial charge in [0, 0.05) is 12.8 Å². The van der Waals surface area contributed by atoms with Gasteiger partial charge in [0.1, 0.15) is 12.9 Å². The van der Waals surface area contributed by atoms with Crippen LogP contribution in [0.25, 0.3) is 0 Å². The van der Waals surface area contributed by atoms with Gasteiger partial charge in [-0.05, 0) is 5.56 Å². The summed E-state index contributed by atoms with van der Waals surface area (Å²) in [5, 5.41) is 4.78. The Balaban J connectivity index is 1.76.